The lowest BCUT2D eigenvalue weighted by molar-refractivity contribution is 0.0993. The molecule has 1 aromatic heterocycles. The molecule has 4 heteroatoms. The molecule has 0 aliphatic rings. The summed E-state index contributed by atoms with van der Waals surface area (Å²) in [4.78, 5) is 15.9. The maximum Gasteiger partial charge on any atom is 0.167 e. The van der Waals surface area contributed by atoms with E-state index in [0.29, 0.717) is 16.1 Å². The highest BCUT2D eigenvalue weighted by Gasteiger charge is 2.10. The maximum atomic E-state index is 13.1. The number of ketones is 1. The summed E-state index contributed by atoms with van der Waals surface area (Å²) in [6.45, 7) is 1.63. The van der Waals surface area contributed by atoms with Crippen LogP contribution in [-0.4, -0.2) is 10.8 Å². The van der Waals surface area contributed by atoms with Crippen molar-refractivity contribution < 1.29 is 9.18 Å². The third-order valence-electron chi connectivity index (χ3n) is 2.69. The van der Waals surface area contributed by atoms with E-state index >= 15 is 0 Å². The Morgan fingerprint density at radius 3 is 2.83 bits per heavy atom. The van der Waals surface area contributed by atoms with Gasteiger partial charge in [-0.1, -0.05) is 11.6 Å². The molecule has 2 rings (SSSR count). The van der Waals surface area contributed by atoms with Crippen molar-refractivity contribution in [3.8, 4) is 0 Å². The van der Waals surface area contributed by atoms with Gasteiger partial charge in [0.05, 0.1) is 5.02 Å². The first-order valence-corrected chi connectivity index (χ1v) is 5.83. The van der Waals surface area contributed by atoms with Crippen LogP contribution in [0.25, 0.3) is 0 Å². The van der Waals surface area contributed by atoms with Gasteiger partial charge in [0.25, 0.3) is 0 Å². The number of pyridine rings is 1. The van der Waals surface area contributed by atoms with Gasteiger partial charge in [-0.25, -0.2) is 4.39 Å². The predicted molar refractivity (Wildman–Crippen MR) is 68.4 cm³/mol. The second-order valence-corrected chi connectivity index (χ2v) is 4.44. The zero-order valence-electron chi connectivity index (χ0n) is 9.78. The van der Waals surface area contributed by atoms with Crippen molar-refractivity contribution in [2.75, 3.05) is 0 Å². The molecule has 0 fully saturated rings. The maximum absolute atomic E-state index is 13.1. The molecule has 0 aliphatic carbocycles. The van der Waals surface area contributed by atoms with E-state index < -0.39 is 0 Å². The van der Waals surface area contributed by atoms with Gasteiger partial charge in [0.15, 0.2) is 5.78 Å². The summed E-state index contributed by atoms with van der Waals surface area (Å²) in [5, 5.41) is 0.463. The molecule has 2 nitrogen and oxygen atoms in total. The minimum Gasteiger partial charge on any atom is -0.294 e. The van der Waals surface area contributed by atoms with Crippen molar-refractivity contribution in [1.82, 2.24) is 4.98 Å². The molecule has 0 atom stereocenters. The first-order valence-electron chi connectivity index (χ1n) is 5.45. The number of nitrogens with zero attached hydrogens (tertiary/aromatic N) is 1. The third kappa shape index (κ3) is 2.74. The minimum atomic E-state index is -0.312. The molecule has 2 aromatic rings. The Balaban J connectivity index is 2.22. The van der Waals surface area contributed by atoms with Crippen molar-refractivity contribution in [1.29, 1.82) is 0 Å². The van der Waals surface area contributed by atoms with Crippen LogP contribution in [0.15, 0.2) is 36.7 Å². The second-order valence-electron chi connectivity index (χ2n) is 4.03. The molecule has 0 aliphatic heterocycles. The SMILES string of the molecule is Cc1cc(C(=O)Cc2ccncc2Cl)ccc1F. The number of carbonyl (C=O) groups excluding carboxylic acids is 1. The van der Waals surface area contributed by atoms with Crippen LogP contribution >= 0.6 is 11.6 Å². The fraction of sp³-hybridized carbons (Fsp3) is 0.143. The topological polar surface area (TPSA) is 30.0 Å². The number of hydrogen-bond acceptors (Lipinski definition) is 2. The summed E-state index contributed by atoms with van der Waals surface area (Å²) in [5.74, 6) is -0.403. The average Bonchev–Trinajstić information content (AvgIpc) is 2.35. The van der Waals surface area contributed by atoms with Crippen LogP contribution in [-0.2, 0) is 6.42 Å². The predicted octanol–water partition coefficient (Wildman–Crippen LogP) is 3.61. The normalized spacial score (nSPS) is 10.4. The number of carbonyl (C=O) groups is 1. The summed E-state index contributed by atoms with van der Waals surface area (Å²) in [7, 11) is 0. The van der Waals surface area contributed by atoms with E-state index in [9.17, 15) is 9.18 Å². The van der Waals surface area contributed by atoms with Gasteiger partial charge >= 0.3 is 0 Å². The van der Waals surface area contributed by atoms with E-state index in [-0.39, 0.29) is 18.0 Å². The number of halogens is 2. The molecule has 0 amide bonds. The highest BCUT2D eigenvalue weighted by molar-refractivity contribution is 6.31. The largest absolute Gasteiger partial charge is 0.294 e. The fourth-order valence-electron chi connectivity index (χ4n) is 1.64. The van der Waals surface area contributed by atoms with Gasteiger partial charge in [0.1, 0.15) is 5.82 Å². The Bertz CT molecular complexity index is 598. The molecule has 0 radical (unpaired) electrons. The molecule has 0 unspecified atom stereocenters. The number of aryl methyl sites for hydroxylation is 1. The van der Waals surface area contributed by atoms with Gasteiger partial charge in [-0.15, -0.1) is 0 Å². The van der Waals surface area contributed by atoms with Gasteiger partial charge in [-0.3, -0.25) is 9.78 Å². The van der Waals surface area contributed by atoms with Gasteiger partial charge in [-0.05, 0) is 42.3 Å². The Kier molecular flexibility index (Phi) is 3.72. The zero-order valence-corrected chi connectivity index (χ0v) is 10.5. The van der Waals surface area contributed by atoms with Crippen LogP contribution in [0.4, 0.5) is 4.39 Å². The average molecular weight is 264 g/mol. The standard InChI is InChI=1S/C14H11ClFNO/c1-9-6-11(2-3-13(9)16)14(18)7-10-4-5-17-8-12(10)15/h2-6,8H,7H2,1H3. The number of aromatic nitrogens is 1. The van der Waals surface area contributed by atoms with Crippen molar-refractivity contribution in [2.45, 2.75) is 13.3 Å². The summed E-state index contributed by atoms with van der Waals surface area (Å²) >= 11 is 5.94. The van der Waals surface area contributed by atoms with Crippen LogP contribution in [0.2, 0.25) is 5.02 Å². The lowest BCUT2D eigenvalue weighted by atomic mass is 10.0. The monoisotopic (exact) mass is 263 g/mol. The van der Waals surface area contributed by atoms with E-state index in [1.165, 1.54) is 18.3 Å². The van der Waals surface area contributed by atoms with Gasteiger partial charge in [-0.2, -0.15) is 0 Å². The van der Waals surface area contributed by atoms with Crippen LogP contribution in [0.1, 0.15) is 21.5 Å². The van der Waals surface area contributed by atoms with Crippen molar-refractivity contribution in [3.05, 3.63) is 64.2 Å². The first kappa shape index (κ1) is 12.7. The van der Waals surface area contributed by atoms with Crippen LogP contribution in [0.3, 0.4) is 0 Å². The molecule has 1 aromatic carbocycles. The number of Topliss-reactive ketones (excluding diaryl/α,β-unsaturated/α-hetero) is 1. The molecule has 0 spiro atoms. The second kappa shape index (κ2) is 5.27. The van der Waals surface area contributed by atoms with Gasteiger partial charge in [0.2, 0.25) is 0 Å². The highest BCUT2D eigenvalue weighted by atomic mass is 35.5. The summed E-state index contributed by atoms with van der Waals surface area (Å²) in [6, 6.07) is 6.04. The lowest BCUT2D eigenvalue weighted by Gasteiger charge is -2.04. The summed E-state index contributed by atoms with van der Waals surface area (Å²) in [5.41, 5.74) is 1.67. The Morgan fingerprint density at radius 2 is 2.17 bits per heavy atom. The molecule has 18 heavy (non-hydrogen) atoms. The Labute approximate surface area is 109 Å². The molecule has 0 N–H and O–H groups in total. The van der Waals surface area contributed by atoms with Crippen molar-refractivity contribution >= 4 is 17.4 Å². The molecular formula is C14H11ClFNO. The Morgan fingerprint density at radius 1 is 1.39 bits per heavy atom. The molecule has 0 bridgehead atoms. The van der Waals surface area contributed by atoms with E-state index in [1.54, 1.807) is 25.3 Å². The fourth-order valence-corrected chi connectivity index (χ4v) is 1.83. The molecule has 0 saturated heterocycles. The number of hydrogen-bond donors (Lipinski definition) is 0. The molecule has 0 saturated carbocycles. The van der Waals surface area contributed by atoms with Crippen molar-refractivity contribution in [2.24, 2.45) is 0 Å². The minimum absolute atomic E-state index is 0.0915. The third-order valence-corrected chi connectivity index (χ3v) is 3.03. The Hall–Kier alpha value is -1.74. The summed E-state index contributed by atoms with van der Waals surface area (Å²) < 4.78 is 13.1. The quantitative estimate of drug-likeness (QED) is 0.792. The first-order chi connectivity index (χ1) is 8.58. The van der Waals surface area contributed by atoms with E-state index in [4.69, 9.17) is 11.6 Å². The van der Waals surface area contributed by atoms with Crippen molar-refractivity contribution in [3.63, 3.8) is 0 Å². The van der Waals surface area contributed by atoms with E-state index in [1.807, 2.05) is 0 Å². The number of rotatable bonds is 3. The van der Waals surface area contributed by atoms with Gasteiger partial charge in [0, 0.05) is 24.4 Å². The van der Waals surface area contributed by atoms with Crippen LogP contribution in [0, 0.1) is 12.7 Å². The lowest BCUT2D eigenvalue weighted by Crippen LogP contribution is -2.05. The van der Waals surface area contributed by atoms with Crippen LogP contribution in [0.5, 0.6) is 0 Å². The van der Waals surface area contributed by atoms with Crippen LogP contribution < -0.4 is 0 Å². The molecular weight excluding hydrogens is 253 g/mol. The zero-order chi connectivity index (χ0) is 13.1. The highest BCUT2D eigenvalue weighted by Crippen LogP contribution is 2.17. The van der Waals surface area contributed by atoms with Gasteiger partial charge < -0.3 is 0 Å². The summed E-state index contributed by atoms with van der Waals surface area (Å²) in [6.07, 6.45) is 3.27. The van der Waals surface area contributed by atoms with E-state index in [0.717, 1.165) is 5.56 Å². The smallest absolute Gasteiger partial charge is 0.167 e. The molecule has 1 heterocycles. The number of benzene rings is 1. The van der Waals surface area contributed by atoms with E-state index in [2.05, 4.69) is 4.98 Å². The molecule has 92 valence electrons.